The van der Waals surface area contributed by atoms with Crippen LogP contribution in [0.25, 0.3) is 10.1 Å². The molecule has 122 valence electrons. The third-order valence-corrected chi connectivity index (χ3v) is 5.16. The van der Waals surface area contributed by atoms with E-state index < -0.39 is 0 Å². The molecule has 0 unspecified atom stereocenters. The second-order valence-electron chi connectivity index (χ2n) is 4.86. The van der Waals surface area contributed by atoms with Crippen molar-refractivity contribution in [2.45, 2.75) is 0 Å². The molecule has 0 atom stereocenters. The molecule has 3 aromatic rings. The summed E-state index contributed by atoms with van der Waals surface area (Å²) < 4.78 is 6.06. The van der Waals surface area contributed by atoms with Crippen molar-refractivity contribution < 1.29 is 9.53 Å². The first kappa shape index (κ1) is 16.8. The molecule has 2 aromatic carbocycles. The van der Waals surface area contributed by atoms with Gasteiger partial charge < -0.3 is 4.74 Å². The molecule has 0 bridgehead atoms. The molecule has 0 spiro atoms. The van der Waals surface area contributed by atoms with Gasteiger partial charge in [0.15, 0.2) is 0 Å². The highest BCUT2D eigenvalue weighted by Gasteiger charge is 2.17. The number of nitrogens with zero attached hydrogens (tertiary/aromatic N) is 1. The van der Waals surface area contributed by atoms with Crippen LogP contribution in [-0.2, 0) is 0 Å². The van der Waals surface area contributed by atoms with Gasteiger partial charge in [-0.2, -0.15) is 5.10 Å². The van der Waals surface area contributed by atoms with E-state index in [0.29, 0.717) is 20.7 Å². The fourth-order valence-corrected chi connectivity index (χ4v) is 3.76. The predicted molar refractivity (Wildman–Crippen MR) is 99.9 cm³/mol. The van der Waals surface area contributed by atoms with Gasteiger partial charge in [-0.3, -0.25) is 4.79 Å². The highest BCUT2D eigenvalue weighted by molar-refractivity contribution is 7.21. The molecule has 1 heterocycles. The van der Waals surface area contributed by atoms with Crippen LogP contribution in [0, 0.1) is 0 Å². The molecule has 0 saturated carbocycles. The number of nitrogens with one attached hydrogen (secondary N) is 1. The first-order chi connectivity index (χ1) is 11.6. The number of methoxy groups -OCH3 is 1. The van der Waals surface area contributed by atoms with Gasteiger partial charge in [0.25, 0.3) is 5.91 Å². The minimum absolute atomic E-state index is 0.363. The minimum Gasteiger partial charge on any atom is -0.497 e. The largest absolute Gasteiger partial charge is 0.497 e. The number of carbonyl (C=O) groups excluding carboxylic acids is 1. The van der Waals surface area contributed by atoms with E-state index >= 15 is 0 Å². The molecule has 0 aliphatic heterocycles. The summed E-state index contributed by atoms with van der Waals surface area (Å²) in [5.74, 6) is 0.352. The quantitative estimate of drug-likeness (QED) is 0.513. The number of ether oxygens (including phenoxy) is 1. The van der Waals surface area contributed by atoms with E-state index in [1.165, 1.54) is 17.6 Å². The molecule has 3 rings (SSSR count). The molecule has 0 aliphatic carbocycles. The molecule has 1 amide bonds. The lowest BCUT2D eigenvalue weighted by Gasteiger charge is -1.98. The number of halogens is 2. The number of hydrazone groups is 1. The summed E-state index contributed by atoms with van der Waals surface area (Å²) in [5, 5.41) is 5.77. The van der Waals surface area contributed by atoms with Crippen molar-refractivity contribution >= 4 is 56.7 Å². The molecule has 0 fully saturated rings. The summed E-state index contributed by atoms with van der Waals surface area (Å²) in [6.07, 6.45) is 1.52. The third kappa shape index (κ3) is 3.53. The van der Waals surface area contributed by atoms with Crippen molar-refractivity contribution in [3.63, 3.8) is 0 Å². The number of hydrogen-bond donors (Lipinski definition) is 1. The smallest absolute Gasteiger partial charge is 0.283 e. The van der Waals surface area contributed by atoms with Crippen LogP contribution in [0.15, 0.2) is 47.6 Å². The highest BCUT2D eigenvalue weighted by atomic mass is 35.5. The Morgan fingerprint density at radius 2 is 2.08 bits per heavy atom. The van der Waals surface area contributed by atoms with E-state index in [-0.39, 0.29) is 5.91 Å². The molecule has 0 radical (unpaired) electrons. The van der Waals surface area contributed by atoms with Gasteiger partial charge in [0.2, 0.25) is 0 Å². The normalized spacial score (nSPS) is 11.1. The fourth-order valence-electron chi connectivity index (χ4n) is 2.12. The Bertz CT molecular complexity index is 937. The van der Waals surface area contributed by atoms with Crippen molar-refractivity contribution in [1.29, 1.82) is 0 Å². The number of fused-ring (bicyclic) bond motifs is 1. The summed E-state index contributed by atoms with van der Waals surface area (Å²) in [4.78, 5) is 12.7. The highest BCUT2D eigenvalue weighted by Crippen LogP contribution is 2.37. The van der Waals surface area contributed by atoms with Crippen LogP contribution in [0.3, 0.4) is 0 Å². The second kappa shape index (κ2) is 7.21. The molecule has 0 saturated heterocycles. The Hall–Kier alpha value is -2.08. The van der Waals surface area contributed by atoms with Crippen molar-refractivity contribution in [3.05, 3.63) is 63.0 Å². The number of rotatable bonds is 4. The maximum absolute atomic E-state index is 12.3. The second-order valence-corrected chi connectivity index (χ2v) is 6.73. The van der Waals surface area contributed by atoms with Crippen LogP contribution >= 0.6 is 34.5 Å². The van der Waals surface area contributed by atoms with E-state index in [2.05, 4.69) is 10.5 Å². The predicted octanol–water partition coefficient (Wildman–Crippen LogP) is 4.98. The zero-order valence-corrected chi connectivity index (χ0v) is 14.9. The van der Waals surface area contributed by atoms with Crippen LogP contribution in [0.1, 0.15) is 15.2 Å². The molecule has 7 heteroatoms. The van der Waals surface area contributed by atoms with Gasteiger partial charge in [0.05, 0.1) is 18.3 Å². The average Bonchev–Trinajstić information content (AvgIpc) is 2.91. The Kier molecular flexibility index (Phi) is 5.04. The number of benzene rings is 2. The van der Waals surface area contributed by atoms with E-state index in [4.69, 9.17) is 27.9 Å². The first-order valence-electron chi connectivity index (χ1n) is 6.93. The van der Waals surface area contributed by atoms with Gasteiger partial charge in [-0.05, 0) is 35.9 Å². The van der Waals surface area contributed by atoms with E-state index in [1.807, 2.05) is 24.3 Å². The van der Waals surface area contributed by atoms with Crippen LogP contribution in [-0.4, -0.2) is 19.2 Å². The maximum atomic E-state index is 12.3. The van der Waals surface area contributed by atoms with Gasteiger partial charge in [0, 0.05) is 15.1 Å². The van der Waals surface area contributed by atoms with Crippen LogP contribution in [0.2, 0.25) is 10.0 Å². The summed E-state index contributed by atoms with van der Waals surface area (Å²) in [6, 6.07) is 12.6. The lowest BCUT2D eigenvalue weighted by atomic mass is 10.2. The number of thiophene rings is 1. The topological polar surface area (TPSA) is 50.7 Å². The Balaban J connectivity index is 1.80. The van der Waals surface area contributed by atoms with E-state index in [9.17, 15) is 4.79 Å². The molecular formula is C17H12Cl2N2O2S. The SMILES string of the molecule is COc1ccc2c(Cl)c(C(=O)N/N=C/c3cccc(Cl)c3)sc2c1. The van der Waals surface area contributed by atoms with Crippen molar-refractivity contribution in [2.75, 3.05) is 7.11 Å². The number of carbonyl (C=O) groups is 1. The molecular weight excluding hydrogens is 367 g/mol. The van der Waals surface area contributed by atoms with Gasteiger partial charge in [-0.1, -0.05) is 35.3 Å². The molecule has 0 aliphatic rings. The van der Waals surface area contributed by atoms with Gasteiger partial charge in [0.1, 0.15) is 10.6 Å². The Morgan fingerprint density at radius 1 is 1.25 bits per heavy atom. The van der Waals surface area contributed by atoms with Gasteiger partial charge >= 0.3 is 0 Å². The average molecular weight is 379 g/mol. The minimum atomic E-state index is -0.363. The van der Waals surface area contributed by atoms with Crippen molar-refractivity contribution in [1.82, 2.24) is 5.43 Å². The maximum Gasteiger partial charge on any atom is 0.283 e. The van der Waals surface area contributed by atoms with Gasteiger partial charge in [-0.15, -0.1) is 11.3 Å². The lowest BCUT2D eigenvalue weighted by molar-refractivity contribution is 0.0959. The van der Waals surface area contributed by atoms with Crippen LogP contribution in [0.5, 0.6) is 5.75 Å². The molecule has 24 heavy (non-hydrogen) atoms. The van der Waals surface area contributed by atoms with E-state index in [0.717, 1.165) is 15.6 Å². The molecule has 4 nitrogen and oxygen atoms in total. The summed E-state index contributed by atoms with van der Waals surface area (Å²) >= 11 is 13.5. The Labute approximate surface area is 152 Å². The van der Waals surface area contributed by atoms with Crippen LogP contribution in [0.4, 0.5) is 0 Å². The van der Waals surface area contributed by atoms with E-state index in [1.54, 1.807) is 25.3 Å². The monoisotopic (exact) mass is 378 g/mol. The summed E-state index contributed by atoms with van der Waals surface area (Å²) in [6.45, 7) is 0. The van der Waals surface area contributed by atoms with Gasteiger partial charge in [-0.25, -0.2) is 5.43 Å². The lowest BCUT2D eigenvalue weighted by Crippen LogP contribution is -2.16. The van der Waals surface area contributed by atoms with Crippen molar-refractivity contribution in [3.8, 4) is 5.75 Å². The number of amides is 1. The summed E-state index contributed by atoms with van der Waals surface area (Å²) in [5.41, 5.74) is 3.27. The molecule has 1 aromatic heterocycles. The third-order valence-electron chi connectivity index (χ3n) is 3.27. The fraction of sp³-hybridized carbons (Fsp3) is 0.0588. The Morgan fingerprint density at radius 3 is 2.83 bits per heavy atom. The standard InChI is InChI=1S/C17H12Cl2N2O2S/c1-23-12-5-6-13-14(8-12)24-16(15(13)19)17(22)21-20-9-10-3-2-4-11(18)7-10/h2-9H,1H3,(H,21,22)/b20-9+. The molecule has 1 N–H and O–H groups in total. The number of hydrogen-bond acceptors (Lipinski definition) is 4. The first-order valence-corrected chi connectivity index (χ1v) is 8.51. The van der Waals surface area contributed by atoms with Crippen LogP contribution < -0.4 is 10.2 Å². The zero-order valence-electron chi connectivity index (χ0n) is 12.5. The zero-order chi connectivity index (χ0) is 17.1. The van der Waals surface area contributed by atoms with Crippen molar-refractivity contribution in [2.24, 2.45) is 5.10 Å². The summed E-state index contributed by atoms with van der Waals surface area (Å²) in [7, 11) is 1.59.